The Hall–Kier alpha value is -2.10. The van der Waals surface area contributed by atoms with Crippen LogP contribution in [0, 0.1) is 24.7 Å². The van der Waals surface area contributed by atoms with Crippen molar-refractivity contribution in [2.24, 2.45) is 17.8 Å². The molecular formula is C26H38O4. The number of carbonyl (C=O) groups is 4. The normalized spacial score (nSPS) is 17.3. The minimum absolute atomic E-state index is 0.0460. The largest absolute Gasteiger partial charge is 0.300 e. The molecule has 0 fully saturated rings. The summed E-state index contributed by atoms with van der Waals surface area (Å²) in [6.45, 7) is 10.7. The summed E-state index contributed by atoms with van der Waals surface area (Å²) in [4.78, 5) is 46.1. The van der Waals surface area contributed by atoms with Crippen LogP contribution in [-0.4, -0.2) is 23.1 Å². The van der Waals surface area contributed by atoms with Gasteiger partial charge >= 0.3 is 0 Å². The van der Waals surface area contributed by atoms with Crippen molar-refractivity contribution >= 4 is 23.1 Å². The van der Waals surface area contributed by atoms with Crippen molar-refractivity contribution in [3.05, 3.63) is 34.9 Å². The third kappa shape index (κ3) is 7.97. The Morgan fingerprint density at radius 3 is 2.23 bits per heavy atom. The molecular weight excluding hydrogens is 376 g/mol. The van der Waals surface area contributed by atoms with Crippen molar-refractivity contribution in [2.45, 2.75) is 86.5 Å². The van der Waals surface area contributed by atoms with Crippen LogP contribution in [0.4, 0.5) is 0 Å². The second kappa shape index (κ2) is 12.6. The molecule has 0 N–H and O–H groups in total. The van der Waals surface area contributed by atoms with Crippen LogP contribution >= 0.6 is 0 Å². The van der Waals surface area contributed by atoms with E-state index in [2.05, 4.69) is 13.0 Å². The summed E-state index contributed by atoms with van der Waals surface area (Å²) >= 11 is 0. The summed E-state index contributed by atoms with van der Waals surface area (Å²) in [6.07, 6.45) is 5.21. The van der Waals surface area contributed by atoms with E-state index in [-0.39, 0.29) is 41.4 Å². The monoisotopic (exact) mass is 414 g/mol. The molecule has 166 valence electrons. The lowest BCUT2D eigenvalue weighted by atomic mass is 9.72. The van der Waals surface area contributed by atoms with Gasteiger partial charge in [0.05, 0.1) is 6.42 Å². The molecule has 0 radical (unpaired) electrons. The predicted molar refractivity (Wildman–Crippen MR) is 121 cm³/mol. The second-order valence-corrected chi connectivity index (χ2v) is 8.86. The molecule has 1 aromatic rings. The molecule has 0 amide bonds. The van der Waals surface area contributed by atoms with Crippen LogP contribution in [0.1, 0.15) is 94.6 Å². The quantitative estimate of drug-likeness (QED) is 0.485. The number of carbonyl (C=O) groups excluding carboxylic acids is 4. The van der Waals surface area contributed by atoms with Crippen LogP contribution in [0.3, 0.4) is 0 Å². The maximum atomic E-state index is 12.7. The van der Waals surface area contributed by atoms with Crippen LogP contribution < -0.4 is 0 Å². The molecule has 0 saturated carbocycles. The molecule has 3 unspecified atom stereocenters. The van der Waals surface area contributed by atoms with Gasteiger partial charge in [0.1, 0.15) is 17.3 Å². The zero-order valence-electron chi connectivity index (χ0n) is 19.5. The highest BCUT2D eigenvalue weighted by Crippen LogP contribution is 2.36. The van der Waals surface area contributed by atoms with Crippen LogP contribution in [0.15, 0.2) is 18.2 Å². The lowest BCUT2D eigenvalue weighted by Crippen LogP contribution is -2.29. The van der Waals surface area contributed by atoms with Gasteiger partial charge in [-0.1, -0.05) is 44.9 Å². The Bertz CT molecular complexity index is 758. The highest BCUT2D eigenvalue weighted by molar-refractivity contribution is 6.00. The molecule has 3 atom stereocenters. The number of aryl methyl sites for hydroxylation is 1. The summed E-state index contributed by atoms with van der Waals surface area (Å²) in [7, 11) is 0. The third-order valence-corrected chi connectivity index (χ3v) is 5.76. The maximum absolute atomic E-state index is 12.7. The van der Waals surface area contributed by atoms with Crippen LogP contribution in [0.25, 0.3) is 0 Å². The fraction of sp³-hybridized carbons (Fsp3) is 0.615. The van der Waals surface area contributed by atoms with E-state index in [1.165, 1.54) is 20.8 Å². The first-order valence-electron chi connectivity index (χ1n) is 11.2. The van der Waals surface area contributed by atoms with Gasteiger partial charge in [0.15, 0.2) is 5.78 Å². The van der Waals surface area contributed by atoms with E-state index in [4.69, 9.17) is 0 Å². The maximum Gasteiger partial charge on any atom is 0.163 e. The number of fused-ring (bicyclic) bond motifs is 1. The molecule has 2 rings (SSSR count). The molecule has 1 aromatic carbocycles. The smallest absolute Gasteiger partial charge is 0.163 e. The molecule has 30 heavy (non-hydrogen) atoms. The van der Waals surface area contributed by atoms with E-state index >= 15 is 0 Å². The van der Waals surface area contributed by atoms with E-state index in [1.54, 1.807) is 0 Å². The van der Waals surface area contributed by atoms with Gasteiger partial charge in [-0.15, -0.1) is 0 Å². The molecule has 4 nitrogen and oxygen atoms in total. The average molecular weight is 415 g/mol. The molecule has 0 aliphatic heterocycles. The van der Waals surface area contributed by atoms with Crippen molar-refractivity contribution in [1.29, 1.82) is 0 Å². The molecule has 1 aliphatic rings. The van der Waals surface area contributed by atoms with Crippen molar-refractivity contribution in [1.82, 2.24) is 0 Å². The number of rotatable bonds is 9. The number of benzene rings is 1. The van der Waals surface area contributed by atoms with Gasteiger partial charge in [-0.3, -0.25) is 14.4 Å². The lowest BCUT2D eigenvalue weighted by molar-refractivity contribution is -0.130. The fourth-order valence-corrected chi connectivity index (χ4v) is 4.69. The Morgan fingerprint density at radius 1 is 1.07 bits per heavy atom. The zero-order chi connectivity index (χ0) is 22.8. The average Bonchev–Trinajstić information content (AvgIpc) is 2.61. The lowest BCUT2D eigenvalue weighted by Gasteiger charge is -2.31. The summed E-state index contributed by atoms with van der Waals surface area (Å²) in [5.41, 5.74) is 3.14. The van der Waals surface area contributed by atoms with E-state index in [1.807, 2.05) is 26.0 Å². The molecule has 4 heteroatoms. The summed E-state index contributed by atoms with van der Waals surface area (Å²) in [6, 6.07) is 6.10. The van der Waals surface area contributed by atoms with E-state index in [9.17, 15) is 19.2 Å². The van der Waals surface area contributed by atoms with Gasteiger partial charge in [-0.2, -0.15) is 0 Å². The van der Waals surface area contributed by atoms with Crippen molar-refractivity contribution in [3.8, 4) is 0 Å². The fourth-order valence-electron chi connectivity index (χ4n) is 4.69. The minimum Gasteiger partial charge on any atom is -0.300 e. The van der Waals surface area contributed by atoms with E-state index in [0.29, 0.717) is 12.3 Å². The van der Waals surface area contributed by atoms with Gasteiger partial charge in [0.25, 0.3) is 0 Å². The number of hydrogen-bond donors (Lipinski definition) is 0. The molecule has 0 saturated heterocycles. The van der Waals surface area contributed by atoms with Crippen molar-refractivity contribution in [3.63, 3.8) is 0 Å². The van der Waals surface area contributed by atoms with Gasteiger partial charge in [-0.05, 0) is 69.9 Å². The van der Waals surface area contributed by atoms with Gasteiger partial charge in [0, 0.05) is 17.9 Å². The third-order valence-electron chi connectivity index (χ3n) is 5.76. The first kappa shape index (κ1) is 25.9. The molecule has 0 spiro atoms. The molecule has 0 heterocycles. The van der Waals surface area contributed by atoms with Crippen LogP contribution in [0.2, 0.25) is 0 Å². The number of hydrogen-bond acceptors (Lipinski definition) is 4. The Morgan fingerprint density at radius 2 is 1.70 bits per heavy atom. The van der Waals surface area contributed by atoms with Crippen molar-refractivity contribution < 1.29 is 19.2 Å². The zero-order valence-corrected chi connectivity index (χ0v) is 19.5. The summed E-state index contributed by atoms with van der Waals surface area (Å²) < 4.78 is 0. The number of ketones is 4. The van der Waals surface area contributed by atoms with Crippen LogP contribution in [0.5, 0.6) is 0 Å². The Kier molecular flexibility index (Phi) is 10.9. The standard InChI is InChI=1S/C23H32O3.C3H6O/c1-5-8-18(20(6-2)21(25)11-16(4)24)12-17-13-19-10-7-9-15(3)23(19)22(26)14-17;1-3(2)4/h7,9-10,17-18,20H,5-6,8,11-14H2,1-4H3;1-2H3. The summed E-state index contributed by atoms with van der Waals surface area (Å²) in [5.74, 6) is 0.937. The first-order valence-corrected chi connectivity index (χ1v) is 11.2. The molecule has 0 bridgehead atoms. The first-order chi connectivity index (χ1) is 14.1. The SMILES string of the molecule is CC(C)=O.CCCC(CC1CC(=O)c2c(C)cccc2C1)C(CC)C(=O)CC(C)=O. The molecule has 1 aliphatic carbocycles. The molecule has 0 aromatic heterocycles. The van der Waals surface area contributed by atoms with Crippen LogP contribution in [-0.2, 0) is 20.8 Å². The Balaban J connectivity index is 0.00000103. The van der Waals surface area contributed by atoms with Gasteiger partial charge in [-0.25, -0.2) is 0 Å². The van der Waals surface area contributed by atoms with Crippen molar-refractivity contribution in [2.75, 3.05) is 0 Å². The summed E-state index contributed by atoms with van der Waals surface area (Å²) in [5, 5.41) is 0. The predicted octanol–water partition coefficient (Wildman–Crippen LogP) is 5.72. The number of Topliss-reactive ketones (excluding diaryl/α,β-unsaturated/α-hetero) is 4. The highest BCUT2D eigenvalue weighted by atomic mass is 16.1. The van der Waals surface area contributed by atoms with Gasteiger partial charge < -0.3 is 4.79 Å². The van der Waals surface area contributed by atoms with E-state index in [0.717, 1.165) is 48.8 Å². The highest BCUT2D eigenvalue weighted by Gasteiger charge is 2.32. The van der Waals surface area contributed by atoms with Gasteiger partial charge in [0.2, 0.25) is 0 Å². The topological polar surface area (TPSA) is 68.3 Å². The Labute approximate surface area is 181 Å². The van der Waals surface area contributed by atoms with E-state index < -0.39 is 0 Å². The minimum atomic E-state index is -0.0622. The second-order valence-electron chi connectivity index (χ2n) is 8.86.